The zero-order valence-corrected chi connectivity index (χ0v) is 10.6. The Bertz CT molecular complexity index is 365. The van der Waals surface area contributed by atoms with Crippen molar-refractivity contribution in [3.63, 3.8) is 0 Å². The second-order valence-electron chi connectivity index (χ2n) is 4.48. The van der Waals surface area contributed by atoms with Crippen LogP contribution < -0.4 is 0 Å². The lowest BCUT2D eigenvalue weighted by Gasteiger charge is -2.21. The Kier molecular flexibility index (Phi) is 5.71. The second kappa shape index (κ2) is 7.08. The smallest absolute Gasteiger partial charge is 0.158 e. The predicted octanol–water partition coefficient (Wildman–Crippen LogP) is 2.65. The SMILES string of the molecule is CCCCCC[C@H]([C@H](C)O)n1cnc(C#N)c1. The lowest BCUT2D eigenvalue weighted by molar-refractivity contribution is 0.122. The standard InChI is InChI=1S/C13H21N3O/c1-3-4-5-6-7-13(11(2)17)16-9-12(8-14)15-10-16/h9-11,13,17H,3-7H2,1-2H3/t11-,13+/m0/s1. The number of nitriles is 1. The van der Waals surface area contributed by atoms with E-state index in [-0.39, 0.29) is 6.04 Å². The van der Waals surface area contributed by atoms with Gasteiger partial charge in [-0.15, -0.1) is 0 Å². The van der Waals surface area contributed by atoms with Crippen molar-refractivity contribution in [3.05, 3.63) is 18.2 Å². The highest BCUT2D eigenvalue weighted by Crippen LogP contribution is 2.20. The summed E-state index contributed by atoms with van der Waals surface area (Å²) in [5.74, 6) is 0. The molecule has 0 bridgehead atoms. The van der Waals surface area contributed by atoms with E-state index in [4.69, 9.17) is 5.26 Å². The highest BCUT2D eigenvalue weighted by molar-refractivity contribution is 5.16. The number of hydrogen-bond donors (Lipinski definition) is 1. The van der Waals surface area contributed by atoms with E-state index >= 15 is 0 Å². The van der Waals surface area contributed by atoms with E-state index < -0.39 is 6.10 Å². The Balaban J connectivity index is 2.57. The molecule has 0 saturated carbocycles. The molecule has 0 amide bonds. The van der Waals surface area contributed by atoms with Crippen LogP contribution in [0.5, 0.6) is 0 Å². The van der Waals surface area contributed by atoms with E-state index in [1.165, 1.54) is 19.3 Å². The number of aliphatic hydroxyl groups excluding tert-OH is 1. The molecule has 94 valence electrons. The minimum Gasteiger partial charge on any atom is -0.391 e. The summed E-state index contributed by atoms with van der Waals surface area (Å²) in [6, 6.07) is 2.03. The van der Waals surface area contributed by atoms with E-state index in [0.29, 0.717) is 5.69 Å². The molecule has 0 aliphatic carbocycles. The lowest BCUT2D eigenvalue weighted by Crippen LogP contribution is -2.20. The first-order valence-electron chi connectivity index (χ1n) is 6.30. The van der Waals surface area contributed by atoms with Gasteiger partial charge >= 0.3 is 0 Å². The van der Waals surface area contributed by atoms with Crippen LogP contribution in [0.25, 0.3) is 0 Å². The van der Waals surface area contributed by atoms with Gasteiger partial charge in [-0.3, -0.25) is 0 Å². The Hall–Kier alpha value is -1.34. The highest BCUT2D eigenvalue weighted by atomic mass is 16.3. The average molecular weight is 235 g/mol. The first-order chi connectivity index (χ1) is 8.19. The fourth-order valence-corrected chi connectivity index (χ4v) is 2.00. The predicted molar refractivity (Wildman–Crippen MR) is 66.4 cm³/mol. The molecule has 0 radical (unpaired) electrons. The van der Waals surface area contributed by atoms with E-state index in [0.717, 1.165) is 12.8 Å². The molecule has 0 aromatic carbocycles. The topological polar surface area (TPSA) is 61.8 Å². The van der Waals surface area contributed by atoms with Crippen molar-refractivity contribution >= 4 is 0 Å². The molecule has 2 atom stereocenters. The van der Waals surface area contributed by atoms with Gasteiger partial charge in [0.1, 0.15) is 6.07 Å². The van der Waals surface area contributed by atoms with Gasteiger partial charge in [-0.05, 0) is 13.3 Å². The quantitative estimate of drug-likeness (QED) is 0.739. The van der Waals surface area contributed by atoms with Gasteiger partial charge in [-0.2, -0.15) is 5.26 Å². The number of aromatic nitrogens is 2. The van der Waals surface area contributed by atoms with Gasteiger partial charge in [0.15, 0.2) is 5.69 Å². The maximum Gasteiger partial charge on any atom is 0.158 e. The molecule has 0 spiro atoms. The summed E-state index contributed by atoms with van der Waals surface area (Å²) in [4.78, 5) is 3.97. The number of imidazole rings is 1. The maximum atomic E-state index is 9.77. The van der Waals surface area contributed by atoms with Crippen LogP contribution in [0.15, 0.2) is 12.5 Å². The minimum absolute atomic E-state index is 0.0291. The number of rotatable bonds is 7. The van der Waals surface area contributed by atoms with Crippen LogP contribution in [-0.2, 0) is 0 Å². The number of aliphatic hydroxyl groups is 1. The molecule has 4 nitrogen and oxygen atoms in total. The van der Waals surface area contributed by atoms with Gasteiger partial charge in [-0.1, -0.05) is 32.6 Å². The van der Waals surface area contributed by atoms with Crippen molar-refractivity contribution in [2.75, 3.05) is 0 Å². The zero-order chi connectivity index (χ0) is 12.7. The monoisotopic (exact) mass is 235 g/mol. The van der Waals surface area contributed by atoms with E-state index in [9.17, 15) is 5.11 Å². The molecule has 1 rings (SSSR count). The first kappa shape index (κ1) is 13.7. The van der Waals surface area contributed by atoms with Gasteiger partial charge in [0.05, 0.1) is 18.5 Å². The van der Waals surface area contributed by atoms with Crippen molar-refractivity contribution in [1.29, 1.82) is 5.26 Å². The molecular formula is C13H21N3O. The first-order valence-corrected chi connectivity index (χ1v) is 6.30. The van der Waals surface area contributed by atoms with Crippen LogP contribution in [0.2, 0.25) is 0 Å². The van der Waals surface area contributed by atoms with Crippen LogP contribution in [0.4, 0.5) is 0 Å². The summed E-state index contributed by atoms with van der Waals surface area (Å²) in [7, 11) is 0. The van der Waals surface area contributed by atoms with Crippen molar-refractivity contribution in [3.8, 4) is 6.07 Å². The molecule has 0 aliphatic heterocycles. The van der Waals surface area contributed by atoms with E-state index in [2.05, 4.69) is 11.9 Å². The largest absolute Gasteiger partial charge is 0.391 e. The van der Waals surface area contributed by atoms with Gasteiger partial charge in [0.2, 0.25) is 0 Å². The van der Waals surface area contributed by atoms with Crippen LogP contribution in [0.3, 0.4) is 0 Å². The summed E-state index contributed by atoms with van der Waals surface area (Å²) in [5.41, 5.74) is 0.407. The number of unbranched alkanes of at least 4 members (excludes halogenated alkanes) is 3. The third-order valence-electron chi connectivity index (χ3n) is 3.01. The summed E-state index contributed by atoms with van der Waals surface area (Å²) in [6.45, 7) is 3.97. The molecule has 1 aromatic heterocycles. The molecule has 0 unspecified atom stereocenters. The van der Waals surface area contributed by atoms with E-state index in [1.807, 2.05) is 10.6 Å². The van der Waals surface area contributed by atoms with Crippen LogP contribution in [0, 0.1) is 11.3 Å². The maximum absolute atomic E-state index is 9.77. The fourth-order valence-electron chi connectivity index (χ4n) is 2.00. The van der Waals surface area contributed by atoms with Gasteiger partial charge in [0.25, 0.3) is 0 Å². The third-order valence-corrected chi connectivity index (χ3v) is 3.01. The van der Waals surface area contributed by atoms with Crippen LogP contribution >= 0.6 is 0 Å². The average Bonchev–Trinajstić information content (AvgIpc) is 2.77. The Labute approximate surface area is 103 Å². The zero-order valence-electron chi connectivity index (χ0n) is 10.6. The number of nitrogens with zero attached hydrogens (tertiary/aromatic N) is 3. The summed E-state index contributed by atoms with van der Waals surface area (Å²) < 4.78 is 1.86. The lowest BCUT2D eigenvalue weighted by atomic mass is 10.0. The second-order valence-corrected chi connectivity index (χ2v) is 4.48. The normalized spacial score (nSPS) is 14.2. The van der Waals surface area contributed by atoms with Crippen LogP contribution in [-0.4, -0.2) is 20.8 Å². The van der Waals surface area contributed by atoms with Crippen LogP contribution in [0.1, 0.15) is 57.7 Å². The van der Waals surface area contributed by atoms with Crippen molar-refractivity contribution in [1.82, 2.24) is 9.55 Å². The molecule has 1 N–H and O–H groups in total. The molecule has 17 heavy (non-hydrogen) atoms. The Morgan fingerprint density at radius 3 is 2.76 bits per heavy atom. The third kappa shape index (κ3) is 4.20. The summed E-state index contributed by atoms with van der Waals surface area (Å²) >= 11 is 0. The van der Waals surface area contributed by atoms with Crippen molar-refractivity contribution in [2.24, 2.45) is 0 Å². The molecule has 0 fully saturated rings. The Morgan fingerprint density at radius 1 is 1.47 bits per heavy atom. The number of hydrogen-bond acceptors (Lipinski definition) is 3. The summed E-state index contributed by atoms with van der Waals surface area (Å²) in [6.07, 6.45) is 8.59. The van der Waals surface area contributed by atoms with Gasteiger partial charge in [-0.25, -0.2) is 4.98 Å². The van der Waals surface area contributed by atoms with Gasteiger partial charge in [0, 0.05) is 6.20 Å². The Morgan fingerprint density at radius 2 is 2.24 bits per heavy atom. The highest BCUT2D eigenvalue weighted by Gasteiger charge is 2.16. The van der Waals surface area contributed by atoms with Crippen molar-refractivity contribution < 1.29 is 5.11 Å². The van der Waals surface area contributed by atoms with Crippen molar-refractivity contribution in [2.45, 2.75) is 58.1 Å². The molecule has 1 aromatic rings. The van der Waals surface area contributed by atoms with E-state index in [1.54, 1.807) is 19.4 Å². The minimum atomic E-state index is -0.419. The molecule has 0 saturated heterocycles. The molecular weight excluding hydrogens is 214 g/mol. The molecule has 0 aliphatic rings. The fraction of sp³-hybridized carbons (Fsp3) is 0.692. The molecule has 1 heterocycles. The summed E-state index contributed by atoms with van der Waals surface area (Å²) in [5, 5.41) is 18.5. The van der Waals surface area contributed by atoms with Gasteiger partial charge < -0.3 is 9.67 Å². The molecule has 4 heteroatoms.